The molecule has 0 fully saturated rings. The first-order chi connectivity index (χ1) is 9.70. The predicted molar refractivity (Wildman–Crippen MR) is 75.4 cm³/mol. The summed E-state index contributed by atoms with van der Waals surface area (Å²) in [7, 11) is 0. The van der Waals surface area contributed by atoms with Crippen molar-refractivity contribution in [3.05, 3.63) is 22.7 Å². The van der Waals surface area contributed by atoms with Crippen LogP contribution in [0.15, 0.2) is 12.1 Å². The van der Waals surface area contributed by atoms with Gasteiger partial charge in [-0.25, -0.2) is 0 Å². The van der Waals surface area contributed by atoms with Gasteiger partial charge in [0.15, 0.2) is 11.5 Å². The van der Waals surface area contributed by atoms with E-state index in [1.165, 1.54) is 0 Å². The molecular weight excluding hydrogens is 282 g/mol. The van der Waals surface area contributed by atoms with Gasteiger partial charge in [0, 0.05) is 13.0 Å². The molecule has 0 saturated heterocycles. The summed E-state index contributed by atoms with van der Waals surface area (Å²) in [5.41, 5.74) is 0.934. The maximum absolute atomic E-state index is 11.2. The number of hydrogen-bond donors (Lipinski definition) is 1. The molecule has 0 amide bonds. The molecule has 0 bridgehead atoms. The Balaban J connectivity index is 1.97. The summed E-state index contributed by atoms with van der Waals surface area (Å²) in [4.78, 5) is 11.2. The number of nitrogens with one attached hydrogen (secondary N) is 1. The van der Waals surface area contributed by atoms with Crippen LogP contribution in [0.2, 0.25) is 5.02 Å². The van der Waals surface area contributed by atoms with Crippen molar-refractivity contribution in [1.82, 2.24) is 5.32 Å². The van der Waals surface area contributed by atoms with E-state index in [9.17, 15) is 4.79 Å². The van der Waals surface area contributed by atoms with Crippen LogP contribution in [0.1, 0.15) is 18.9 Å². The molecule has 0 radical (unpaired) electrons. The van der Waals surface area contributed by atoms with Crippen molar-refractivity contribution in [2.45, 2.75) is 19.9 Å². The minimum absolute atomic E-state index is 0.167. The number of benzene rings is 1. The first-order valence-electron chi connectivity index (χ1n) is 6.65. The summed E-state index contributed by atoms with van der Waals surface area (Å²) < 4.78 is 16.0. The molecule has 0 aliphatic carbocycles. The van der Waals surface area contributed by atoms with Gasteiger partial charge in [0.05, 0.1) is 31.4 Å². The van der Waals surface area contributed by atoms with Crippen molar-refractivity contribution < 1.29 is 19.0 Å². The Morgan fingerprint density at radius 1 is 1.40 bits per heavy atom. The van der Waals surface area contributed by atoms with Crippen LogP contribution < -0.4 is 14.8 Å². The topological polar surface area (TPSA) is 56.8 Å². The van der Waals surface area contributed by atoms with Crippen molar-refractivity contribution in [2.75, 3.05) is 26.4 Å². The number of fused-ring (bicyclic) bond motifs is 1. The van der Waals surface area contributed by atoms with Crippen LogP contribution >= 0.6 is 11.6 Å². The Labute approximate surface area is 123 Å². The van der Waals surface area contributed by atoms with Gasteiger partial charge in [-0.3, -0.25) is 4.79 Å². The Hall–Kier alpha value is -1.46. The molecule has 1 aliphatic rings. The van der Waals surface area contributed by atoms with Crippen LogP contribution in [0.25, 0.3) is 0 Å². The quantitative estimate of drug-likeness (QED) is 0.844. The number of carbonyl (C=O) groups excluding carboxylic acids is 1. The number of ether oxygens (including phenoxy) is 3. The van der Waals surface area contributed by atoms with Crippen molar-refractivity contribution in [2.24, 2.45) is 0 Å². The van der Waals surface area contributed by atoms with E-state index >= 15 is 0 Å². The molecule has 0 spiro atoms. The first kappa shape index (κ1) is 14.9. The molecule has 0 unspecified atom stereocenters. The second-order valence-electron chi connectivity index (χ2n) is 4.36. The van der Waals surface area contributed by atoms with E-state index in [1.807, 2.05) is 12.1 Å². The summed E-state index contributed by atoms with van der Waals surface area (Å²) in [6, 6.07) is 3.69. The number of halogens is 1. The number of esters is 1. The molecule has 1 aliphatic heterocycles. The van der Waals surface area contributed by atoms with E-state index in [0.717, 1.165) is 12.0 Å². The smallest absolute Gasteiger partial charge is 0.319 e. The highest BCUT2D eigenvalue weighted by molar-refractivity contribution is 6.32. The summed E-state index contributed by atoms with van der Waals surface area (Å²) in [5.74, 6) is 0.981. The molecule has 6 heteroatoms. The van der Waals surface area contributed by atoms with E-state index in [4.69, 9.17) is 25.8 Å². The minimum atomic E-state index is -0.270. The first-order valence-corrected chi connectivity index (χ1v) is 7.03. The molecular formula is C14H18ClNO4. The van der Waals surface area contributed by atoms with Gasteiger partial charge in [0.2, 0.25) is 0 Å². The Bertz CT molecular complexity index is 478. The number of hydrogen-bond acceptors (Lipinski definition) is 5. The normalized spacial score (nSPS) is 13.7. The molecule has 110 valence electrons. The van der Waals surface area contributed by atoms with Gasteiger partial charge in [-0.1, -0.05) is 11.6 Å². The zero-order valence-electron chi connectivity index (χ0n) is 11.4. The Morgan fingerprint density at radius 2 is 2.20 bits per heavy atom. The van der Waals surface area contributed by atoms with Gasteiger partial charge in [-0.2, -0.15) is 0 Å². The number of rotatable bonds is 5. The second kappa shape index (κ2) is 7.36. The fraction of sp³-hybridized carbons (Fsp3) is 0.500. The summed E-state index contributed by atoms with van der Waals surface area (Å²) in [6.07, 6.45) is 0.835. The molecule has 1 N–H and O–H groups in total. The van der Waals surface area contributed by atoms with Gasteiger partial charge >= 0.3 is 5.97 Å². The van der Waals surface area contributed by atoms with Crippen molar-refractivity contribution >= 4 is 17.6 Å². The highest BCUT2D eigenvalue weighted by Crippen LogP contribution is 2.37. The maximum atomic E-state index is 11.2. The van der Waals surface area contributed by atoms with Crippen LogP contribution in [0.3, 0.4) is 0 Å². The van der Waals surface area contributed by atoms with Crippen molar-refractivity contribution in [3.63, 3.8) is 0 Å². The summed E-state index contributed by atoms with van der Waals surface area (Å²) in [5, 5.41) is 3.53. The average molecular weight is 300 g/mol. The van der Waals surface area contributed by atoms with Crippen LogP contribution in [0, 0.1) is 0 Å². The van der Waals surface area contributed by atoms with E-state index in [2.05, 4.69) is 5.32 Å². The van der Waals surface area contributed by atoms with Gasteiger partial charge in [0.25, 0.3) is 0 Å². The molecule has 20 heavy (non-hydrogen) atoms. The van der Waals surface area contributed by atoms with Gasteiger partial charge in [-0.15, -0.1) is 0 Å². The van der Waals surface area contributed by atoms with Crippen LogP contribution in [0.5, 0.6) is 11.5 Å². The molecule has 0 saturated carbocycles. The van der Waals surface area contributed by atoms with Crippen molar-refractivity contribution in [1.29, 1.82) is 0 Å². The minimum Gasteiger partial charge on any atom is -0.489 e. The molecule has 0 aromatic heterocycles. The number of carbonyl (C=O) groups is 1. The van der Waals surface area contributed by atoms with Gasteiger partial charge in [-0.05, 0) is 24.6 Å². The molecule has 0 atom stereocenters. The van der Waals surface area contributed by atoms with E-state index < -0.39 is 0 Å². The van der Waals surface area contributed by atoms with Gasteiger partial charge in [0.1, 0.15) is 0 Å². The third-order valence-electron chi connectivity index (χ3n) is 2.77. The molecule has 1 aromatic rings. The van der Waals surface area contributed by atoms with Crippen LogP contribution in [-0.4, -0.2) is 32.3 Å². The van der Waals surface area contributed by atoms with Gasteiger partial charge < -0.3 is 19.5 Å². The molecule has 1 aromatic carbocycles. The second-order valence-corrected chi connectivity index (χ2v) is 4.77. The lowest BCUT2D eigenvalue weighted by molar-refractivity contribution is -0.142. The van der Waals surface area contributed by atoms with E-state index in [1.54, 1.807) is 6.92 Å². The Kier molecular flexibility index (Phi) is 5.49. The average Bonchev–Trinajstić information content (AvgIpc) is 2.64. The zero-order valence-corrected chi connectivity index (χ0v) is 12.2. The largest absolute Gasteiger partial charge is 0.489 e. The zero-order chi connectivity index (χ0) is 14.4. The van der Waals surface area contributed by atoms with E-state index in [0.29, 0.717) is 42.9 Å². The van der Waals surface area contributed by atoms with Crippen molar-refractivity contribution in [3.8, 4) is 11.5 Å². The van der Waals surface area contributed by atoms with E-state index in [-0.39, 0.29) is 12.5 Å². The fourth-order valence-corrected chi connectivity index (χ4v) is 2.19. The standard InChI is InChI=1S/C14H18ClNO4/c1-2-18-13(17)9-16-8-10-6-11(15)14-12(7-10)19-4-3-5-20-14/h6-7,16H,2-5,8-9H2,1H3. The Morgan fingerprint density at radius 3 is 3.00 bits per heavy atom. The molecule has 1 heterocycles. The highest BCUT2D eigenvalue weighted by atomic mass is 35.5. The molecule has 5 nitrogen and oxygen atoms in total. The fourth-order valence-electron chi connectivity index (χ4n) is 1.91. The monoisotopic (exact) mass is 299 g/mol. The predicted octanol–water partition coefficient (Wildman–Crippen LogP) is 2.15. The third-order valence-corrected chi connectivity index (χ3v) is 3.05. The lowest BCUT2D eigenvalue weighted by atomic mass is 10.2. The summed E-state index contributed by atoms with van der Waals surface area (Å²) >= 11 is 6.19. The lowest BCUT2D eigenvalue weighted by Gasteiger charge is -2.12. The van der Waals surface area contributed by atoms with Crippen LogP contribution in [0.4, 0.5) is 0 Å². The summed E-state index contributed by atoms with van der Waals surface area (Å²) in [6.45, 7) is 4.06. The maximum Gasteiger partial charge on any atom is 0.319 e. The van der Waals surface area contributed by atoms with Crippen LogP contribution in [-0.2, 0) is 16.1 Å². The highest BCUT2D eigenvalue weighted by Gasteiger charge is 2.15. The molecule has 2 rings (SSSR count). The third kappa shape index (κ3) is 4.02. The lowest BCUT2D eigenvalue weighted by Crippen LogP contribution is -2.24. The SMILES string of the molecule is CCOC(=O)CNCc1cc(Cl)c2c(c1)OCCCO2.